The number of nitriles is 1. The fraction of sp³-hybridized carbons (Fsp3) is 0.125. The summed E-state index contributed by atoms with van der Waals surface area (Å²) in [6.45, 7) is 1.85. The van der Waals surface area contributed by atoms with Crippen LogP contribution in [-0.4, -0.2) is 15.8 Å². The van der Waals surface area contributed by atoms with Crippen molar-refractivity contribution in [1.29, 1.82) is 10.7 Å². The number of hydrogen-bond donors (Lipinski definition) is 1. The molecule has 5 nitrogen and oxygen atoms in total. The molecule has 2 heterocycles. The van der Waals surface area contributed by atoms with Crippen molar-refractivity contribution < 1.29 is 4.52 Å². The summed E-state index contributed by atoms with van der Waals surface area (Å²) in [5.41, 5.74) is 0.940. The van der Waals surface area contributed by atoms with Crippen LogP contribution in [0.3, 0.4) is 0 Å². The van der Waals surface area contributed by atoms with Gasteiger partial charge < -0.3 is 0 Å². The quantitative estimate of drug-likeness (QED) is 0.420. The van der Waals surface area contributed by atoms with E-state index >= 15 is 0 Å². The van der Waals surface area contributed by atoms with Gasteiger partial charge in [0, 0.05) is 18.2 Å². The van der Waals surface area contributed by atoms with E-state index in [4.69, 9.17) is 10.7 Å². The highest BCUT2D eigenvalue weighted by Gasteiger charge is 2.20. The van der Waals surface area contributed by atoms with Crippen LogP contribution in [0.15, 0.2) is 11.6 Å². The standard InChI is InChI=1S/C8H6N5S/c1-6-8-12(2-3-14-8)11-13(6)7(4-9)5-10/h2-3,9H,1H3/q+1. The molecule has 0 radical (unpaired) electrons. The highest BCUT2D eigenvalue weighted by molar-refractivity contribution is 7.15. The number of allylic oxidation sites excluding steroid dienone is 1. The number of thiazole rings is 1. The van der Waals surface area contributed by atoms with E-state index < -0.39 is 0 Å². The van der Waals surface area contributed by atoms with E-state index in [1.54, 1.807) is 15.9 Å². The zero-order chi connectivity index (χ0) is 10.1. The largest absolute Gasteiger partial charge is 0.293 e. The Hall–Kier alpha value is -1.96. The summed E-state index contributed by atoms with van der Waals surface area (Å²) in [6.07, 6.45) is 1.81. The van der Waals surface area contributed by atoms with Gasteiger partial charge in [-0.2, -0.15) is 5.26 Å². The molecule has 0 aliphatic carbocycles. The summed E-state index contributed by atoms with van der Waals surface area (Å²) < 4.78 is 3.09. The summed E-state index contributed by atoms with van der Waals surface area (Å²) in [4.78, 5) is 0.966. The van der Waals surface area contributed by atoms with Gasteiger partial charge >= 0.3 is 0 Å². The van der Waals surface area contributed by atoms with Crippen molar-refractivity contribution in [3.63, 3.8) is 0 Å². The number of aromatic nitrogens is 3. The van der Waals surface area contributed by atoms with Crippen LogP contribution in [0.25, 0.3) is 10.5 Å². The first-order chi connectivity index (χ1) is 6.77. The Labute approximate surface area is 83.6 Å². The monoisotopic (exact) mass is 204 g/mol. The fourth-order valence-corrected chi connectivity index (χ4v) is 1.96. The lowest BCUT2D eigenvalue weighted by molar-refractivity contribution is -0.579. The predicted molar refractivity (Wildman–Crippen MR) is 51.0 cm³/mol. The predicted octanol–water partition coefficient (Wildman–Crippen LogP) is 0.605. The van der Waals surface area contributed by atoms with E-state index in [1.165, 1.54) is 4.68 Å². The lowest BCUT2D eigenvalue weighted by atomic mass is 10.4. The molecule has 0 amide bonds. The minimum absolute atomic E-state index is 0.0957. The van der Waals surface area contributed by atoms with Crippen molar-refractivity contribution in [2.24, 2.45) is 0 Å². The lowest BCUT2D eigenvalue weighted by Gasteiger charge is -1.84. The maximum atomic E-state index is 8.73. The van der Waals surface area contributed by atoms with Crippen LogP contribution < -0.4 is 4.52 Å². The molecule has 0 aromatic carbocycles. The average molecular weight is 204 g/mol. The molecule has 68 valence electrons. The van der Waals surface area contributed by atoms with Crippen LogP contribution in [0, 0.1) is 23.7 Å². The Morgan fingerprint density at radius 1 is 1.79 bits per heavy atom. The molecule has 0 spiro atoms. The zero-order valence-electron chi connectivity index (χ0n) is 7.35. The topological polar surface area (TPSA) is 69.6 Å². The van der Waals surface area contributed by atoms with Gasteiger partial charge in [0.25, 0.3) is 10.5 Å². The van der Waals surface area contributed by atoms with E-state index in [9.17, 15) is 0 Å². The summed E-state index contributed by atoms with van der Waals surface area (Å²) in [7, 11) is 0. The van der Waals surface area contributed by atoms with Gasteiger partial charge in [0.1, 0.15) is 11.4 Å². The molecule has 6 heteroatoms. The molecule has 2 aromatic heterocycles. The van der Waals surface area contributed by atoms with E-state index in [0.717, 1.165) is 10.5 Å². The third-order valence-corrected chi connectivity index (χ3v) is 2.80. The first kappa shape index (κ1) is 8.63. The molecule has 1 N–H and O–H groups in total. The van der Waals surface area contributed by atoms with Crippen LogP contribution in [0.5, 0.6) is 0 Å². The molecule has 0 saturated carbocycles. The van der Waals surface area contributed by atoms with Gasteiger partial charge in [-0.1, -0.05) is 20.5 Å². The zero-order valence-corrected chi connectivity index (χ0v) is 8.17. The molecule has 0 bridgehead atoms. The maximum absolute atomic E-state index is 8.73. The van der Waals surface area contributed by atoms with Gasteiger partial charge in [-0.05, 0) is 0 Å². The minimum Gasteiger partial charge on any atom is -0.254 e. The van der Waals surface area contributed by atoms with E-state index in [2.05, 4.69) is 11.1 Å². The van der Waals surface area contributed by atoms with Crippen LogP contribution in [0.1, 0.15) is 5.69 Å². The number of nitrogens with zero attached hydrogens (tertiary/aromatic N) is 4. The Balaban J connectivity index is 2.76. The van der Waals surface area contributed by atoms with Gasteiger partial charge in [-0.3, -0.25) is 5.41 Å². The molecule has 2 aromatic rings. The molecule has 0 saturated heterocycles. The van der Waals surface area contributed by atoms with Crippen LogP contribution in [0.2, 0.25) is 0 Å². The van der Waals surface area contributed by atoms with Gasteiger partial charge in [-0.25, -0.2) is 0 Å². The van der Waals surface area contributed by atoms with Gasteiger partial charge in [0.05, 0.1) is 0 Å². The highest BCUT2D eigenvalue weighted by Crippen LogP contribution is 2.12. The van der Waals surface area contributed by atoms with Crippen LogP contribution in [0.4, 0.5) is 0 Å². The third kappa shape index (κ3) is 1.04. The number of hydrogen-bond acceptors (Lipinski definition) is 4. The Bertz CT molecular complexity index is 578. The van der Waals surface area contributed by atoms with E-state index in [-0.39, 0.29) is 5.70 Å². The molecule has 0 fully saturated rings. The fourth-order valence-electron chi connectivity index (χ4n) is 1.19. The molecular weight excluding hydrogens is 198 g/mol. The van der Waals surface area contributed by atoms with Crippen molar-refractivity contribution >= 4 is 27.7 Å². The smallest absolute Gasteiger partial charge is 0.254 e. The summed E-state index contributed by atoms with van der Waals surface area (Å²) in [6, 6.07) is 1.87. The van der Waals surface area contributed by atoms with Crippen LogP contribution in [-0.2, 0) is 0 Å². The first-order valence-corrected chi connectivity index (χ1v) is 4.71. The van der Waals surface area contributed by atoms with Gasteiger partial charge in [-0.15, -0.1) is 0 Å². The molecule has 0 atom stereocenters. The van der Waals surface area contributed by atoms with Gasteiger partial charge in [0.15, 0.2) is 11.8 Å². The van der Waals surface area contributed by atoms with E-state index in [1.807, 2.05) is 24.6 Å². The Kier molecular flexibility index (Phi) is 1.89. The summed E-state index contributed by atoms with van der Waals surface area (Å²) >= 11 is 1.54. The van der Waals surface area contributed by atoms with Crippen molar-refractivity contribution in [2.75, 3.05) is 0 Å². The lowest BCUT2D eigenvalue weighted by Crippen LogP contribution is -2.20. The van der Waals surface area contributed by atoms with Crippen molar-refractivity contribution in [1.82, 2.24) is 9.90 Å². The third-order valence-electron chi connectivity index (χ3n) is 1.84. The molecule has 0 unspecified atom stereocenters. The number of fused-ring (bicyclic) bond motifs is 1. The number of nitrogens with one attached hydrogen (secondary N) is 1. The molecule has 2 rings (SSSR count). The highest BCUT2D eigenvalue weighted by atomic mass is 32.1. The second-order valence-corrected chi connectivity index (χ2v) is 3.52. The van der Waals surface area contributed by atoms with Crippen molar-refractivity contribution in [3.05, 3.63) is 17.3 Å². The number of aryl methyl sites for hydroxylation is 1. The first-order valence-electron chi connectivity index (χ1n) is 3.83. The molecule has 14 heavy (non-hydrogen) atoms. The second-order valence-electron chi connectivity index (χ2n) is 2.62. The Morgan fingerprint density at radius 2 is 2.57 bits per heavy atom. The molecule has 0 aliphatic heterocycles. The van der Waals surface area contributed by atoms with E-state index in [0.29, 0.717) is 0 Å². The normalized spacial score (nSPS) is 9.71. The van der Waals surface area contributed by atoms with Gasteiger partial charge in [0.2, 0.25) is 0 Å². The SMILES string of the molecule is Cc1c2scc[n+]2nn1C(=C=N)C#N. The summed E-state index contributed by atoms with van der Waals surface area (Å²) in [5, 5.41) is 21.7. The van der Waals surface area contributed by atoms with Crippen LogP contribution >= 0.6 is 11.3 Å². The number of rotatable bonds is 1. The Morgan fingerprint density at radius 3 is 3.14 bits per heavy atom. The molecular formula is C8H6N5S+. The van der Waals surface area contributed by atoms with Crippen molar-refractivity contribution in [2.45, 2.75) is 6.92 Å². The maximum Gasteiger partial charge on any atom is 0.293 e. The average Bonchev–Trinajstić information content (AvgIpc) is 2.74. The molecule has 0 aliphatic rings. The summed E-state index contributed by atoms with van der Waals surface area (Å²) in [5.74, 6) is 2.06. The van der Waals surface area contributed by atoms with Crippen molar-refractivity contribution in [3.8, 4) is 6.07 Å². The second kappa shape index (κ2) is 3.07. The minimum atomic E-state index is 0.0957.